The average molecular weight is 177 g/mol. The molecule has 2 aliphatic heterocycles. The maximum Gasteiger partial charge on any atom is 0.115 e. The second-order valence-corrected chi connectivity index (χ2v) is 3.79. The summed E-state index contributed by atoms with van der Waals surface area (Å²) >= 11 is 0. The molecule has 0 aromatic carbocycles. The number of ether oxygens (including phenoxy) is 1. The summed E-state index contributed by atoms with van der Waals surface area (Å²) in [5, 5.41) is 3.28. The summed E-state index contributed by atoms with van der Waals surface area (Å²) in [7, 11) is 0. The van der Waals surface area contributed by atoms with Gasteiger partial charge in [0.2, 0.25) is 0 Å². The predicted molar refractivity (Wildman–Crippen MR) is 46.0 cm³/mol. The van der Waals surface area contributed by atoms with Gasteiger partial charge in [-0.25, -0.2) is 9.97 Å². The lowest BCUT2D eigenvalue weighted by Crippen LogP contribution is -2.65. The fourth-order valence-electron chi connectivity index (χ4n) is 1.99. The highest BCUT2D eigenvalue weighted by atomic mass is 16.5. The Morgan fingerprint density at radius 2 is 2.46 bits per heavy atom. The van der Waals surface area contributed by atoms with Crippen molar-refractivity contribution in [1.82, 2.24) is 15.3 Å². The lowest BCUT2D eigenvalue weighted by molar-refractivity contribution is -0.214. The second-order valence-electron chi connectivity index (χ2n) is 3.79. The zero-order valence-corrected chi connectivity index (χ0v) is 7.23. The van der Waals surface area contributed by atoms with Gasteiger partial charge in [0, 0.05) is 19.3 Å². The van der Waals surface area contributed by atoms with Gasteiger partial charge in [-0.3, -0.25) is 0 Å². The number of hydrogen-bond acceptors (Lipinski definition) is 4. The van der Waals surface area contributed by atoms with E-state index < -0.39 is 0 Å². The molecule has 1 atom stereocenters. The molecule has 1 unspecified atom stereocenters. The van der Waals surface area contributed by atoms with E-state index >= 15 is 0 Å². The zero-order chi connectivity index (χ0) is 8.73. The largest absolute Gasteiger partial charge is 0.370 e. The lowest BCUT2D eigenvalue weighted by Gasteiger charge is -2.55. The van der Waals surface area contributed by atoms with Crippen LogP contribution in [0.25, 0.3) is 0 Å². The van der Waals surface area contributed by atoms with E-state index in [-0.39, 0.29) is 6.10 Å². The van der Waals surface area contributed by atoms with Crippen LogP contribution in [0.2, 0.25) is 0 Å². The summed E-state index contributed by atoms with van der Waals surface area (Å²) in [5.41, 5.74) is 1.36. The minimum atomic E-state index is 0.191. The van der Waals surface area contributed by atoms with Crippen molar-refractivity contribution in [3.63, 3.8) is 0 Å². The molecule has 2 aliphatic rings. The van der Waals surface area contributed by atoms with Crippen molar-refractivity contribution in [3.05, 3.63) is 24.3 Å². The minimum absolute atomic E-state index is 0.191. The van der Waals surface area contributed by atoms with Crippen LogP contribution in [0.5, 0.6) is 0 Å². The molecular weight excluding hydrogens is 166 g/mol. The number of nitrogens with one attached hydrogen (secondary N) is 1. The normalized spacial score (nSPS) is 29.4. The predicted octanol–water partition coefficient (Wildman–Crippen LogP) is 0.138. The molecule has 3 rings (SSSR count). The van der Waals surface area contributed by atoms with Gasteiger partial charge < -0.3 is 10.1 Å². The quantitative estimate of drug-likeness (QED) is 0.662. The highest BCUT2D eigenvalue weighted by Crippen LogP contribution is 2.48. The molecule has 2 fully saturated rings. The zero-order valence-electron chi connectivity index (χ0n) is 7.23. The summed E-state index contributed by atoms with van der Waals surface area (Å²) in [6, 6.07) is 1.93. The molecule has 4 heteroatoms. The number of hydrogen-bond donors (Lipinski definition) is 1. The fraction of sp³-hybridized carbons (Fsp3) is 0.556. The van der Waals surface area contributed by atoms with E-state index in [1.807, 2.05) is 6.07 Å². The molecule has 68 valence electrons. The monoisotopic (exact) mass is 177 g/mol. The van der Waals surface area contributed by atoms with Gasteiger partial charge in [-0.1, -0.05) is 0 Å². The van der Waals surface area contributed by atoms with E-state index in [9.17, 15) is 0 Å². The van der Waals surface area contributed by atoms with Crippen LogP contribution < -0.4 is 5.32 Å². The van der Waals surface area contributed by atoms with Gasteiger partial charge in [0.15, 0.2) is 0 Å². The molecule has 0 radical (unpaired) electrons. The first kappa shape index (κ1) is 7.41. The van der Waals surface area contributed by atoms with Crippen LogP contribution in [-0.2, 0) is 4.74 Å². The molecule has 0 amide bonds. The van der Waals surface area contributed by atoms with E-state index in [1.54, 1.807) is 12.5 Å². The third-order valence-electron chi connectivity index (χ3n) is 2.92. The molecule has 1 aromatic rings. The average Bonchev–Trinajstić information content (AvgIpc) is 2.01. The number of rotatable bonds is 1. The van der Waals surface area contributed by atoms with Crippen molar-refractivity contribution < 1.29 is 4.74 Å². The SMILES string of the molecule is c1cc(C2OCC23CNC3)ncn1. The summed E-state index contributed by atoms with van der Waals surface area (Å²) in [4.78, 5) is 8.11. The van der Waals surface area contributed by atoms with Gasteiger partial charge in [0.1, 0.15) is 12.4 Å². The molecule has 1 aromatic heterocycles. The van der Waals surface area contributed by atoms with E-state index in [0.717, 1.165) is 25.4 Å². The number of nitrogens with zero attached hydrogens (tertiary/aromatic N) is 2. The van der Waals surface area contributed by atoms with Crippen molar-refractivity contribution in [1.29, 1.82) is 0 Å². The highest BCUT2D eigenvalue weighted by Gasteiger charge is 2.53. The van der Waals surface area contributed by atoms with Gasteiger partial charge in [-0.05, 0) is 6.07 Å². The maximum atomic E-state index is 5.54. The Morgan fingerprint density at radius 1 is 1.54 bits per heavy atom. The molecule has 0 saturated carbocycles. The van der Waals surface area contributed by atoms with Gasteiger partial charge >= 0.3 is 0 Å². The first-order chi connectivity index (χ1) is 6.41. The van der Waals surface area contributed by atoms with Crippen LogP contribution in [0.3, 0.4) is 0 Å². The smallest absolute Gasteiger partial charge is 0.115 e. The molecule has 0 aliphatic carbocycles. The topological polar surface area (TPSA) is 47.0 Å². The summed E-state index contributed by atoms with van der Waals surface area (Å²) in [5.74, 6) is 0. The van der Waals surface area contributed by atoms with Crippen LogP contribution in [0, 0.1) is 5.41 Å². The maximum absolute atomic E-state index is 5.54. The Morgan fingerprint density at radius 3 is 2.92 bits per heavy atom. The second kappa shape index (κ2) is 2.49. The van der Waals surface area contributed by atoms with E-state index in [2.05, 4.69) is 15.3 Å². The van der Waals surface area contributed by atoms with Crippen LogP contribution >= 0.6 is 0 Å². The van der Waals surface area contributed by atoms with Crippen LogP contribution in [0.4, 0.5) is 0 Å². The molecule has 1 N–H and O–H groups in total. The van der Waals surface area contributed by atoms with E-state index in [4.69, 9.17) is 4.74 Å². The minimum Gasteiger partial charge on any atom is -0.370 e. The van der Waals surface area contributed by atoms with Crippen molar-refractivity contribution in [2.45, 2.75) is 6.10 Å². The van der Waals surface area contributed by atoms with E-state index in [1.165, 1.54) is 0 Å². The lowest BCUT2D eigenvalue weighted by atomic mass is 9.72. The van der Waals surface area contributed by atoms with Crippen LogP contribution in [-0.4, -0.2) is 29.7 Å². The Labute approximate surface area is 76.3 Å². The molecule has 13 heavy (non-hydrogen) atoms. The molecule has 3 heterocycles. The van der Waals surface area contributed by atoms with E-state index in [0.29, 0.717) is 5.41 Å². The van der Waals surface area contributed by atoms with Gasteiger partial charge in [0.05, 0.1) is 17.7 Å². The Hall–Kier alpha value is -1.00. The highest BCUT2D eigenvalue weighted by molar-refractivity contribution is 5.16. The molecule has 4 nitrogen and oxygen atoms in total. The molecular formula is C9H11N3O. The van der Waals surface area contributed by atoms with Crippen molar-refractivity contribution in [2.75, 3.05) is 19.7 Å². The Balaban J connectivity index is 1.87. The summed E-state index contributed by atoms with van der Waals surface area (Å²) in [6.07, 6.45) is 3.54. The van der Waals surface area contributed by atoms with Crippen molar-refractivity contribution in [3.8, 4) is 0 Å². The summed E-state index contributed by atoms with van der Waals surface area (Å²) in [6.45, 7) is 2.98. The van der Waals surface area contributed by atoms with Gasteiger partial charge in [0.25, 0.3) is 0 Å². The fourth-order valence-corrected chi connectivity index (χ4v) is 1.99. The first-order valence-electron chi connectivity index (χ1n) is 4.49. The standard InChI is InChI=1S/C9H11N3O/c1-2-10-6-12-7(1)8-9(5-13-8)3-11-4-9/h1-2,6,8,11H,3-5H2. The van der Waals surface area contributed by atoms with Crippen molar-refractivity contribution >= 4 is 0 Å². The number of aromatic nitrogens is 2. The first-order valence-corrected chi connectivity index (χ1v) is 4.49. The molecule has 1 spiro atoms. The van der Waals surface area contributed by atoms with Crippen LogP contribution in [0.15, 0.2) is 18.6 Å². The summed E-state index contributed by atoms with van der Waals surface area (Å²) < 4.78 is 5.54. The van der Waals surface area contributed by atoms with Crippen LogP contribution in [0.1, 0.15) is 11.8 Å². The van der Waals surface area contributed by atoms with Crippen molar-refractivity contribution in [2.24, 2.45) is 5.41 Å². The third kappa shape index (κ3) is 0.927. The Bertz CT molecular complexity index is 304. The molecule has 0 bridgehead atoms. The Kier molecular flexibility index (Phi) is 1.42. The molecule has 2 saturated heterocycles. The van der Waals surface area contributed by atoms with Gasteiger partial charge in [-0.15, -0.1) is 0 Å². The third-order valence-corrected chi connectivity index (χ3v) is 2.92. The van der Waals surface area contributed by atoms with Gasteiger partial charge in [-0.2, -0.15) is 0 Å².